The van der Waals surface area contributed by atoms with Gasteiger partial charge >= 0.3 is 11.7 Å². The fraction of sp³-hybridized carbons (Fsp3) is 0.0455. The van der Waals surface area contributed by atoms with Crippen molar-refractivity contribution in [1.82, 2.24) is 5.43 Å². The molecule has 0 aliphatic rings. The molecule has 0 unspecified atom stereocenters. The number of ether oxygens (including phenoxy) is 2. The van der Waals surface area contributed by atoms with Crippen LogP contribution in [0.3, 0.4) is 0 Å². The van der Waals surface area contributed by atoms with Crippen LogP contribution in [0.25, 0.3) is 0 Å². The number of nitrogens with one attached hydrogen (secondary N) is 1. The molecular weight excluding hydrogens is 482 g/mol. The number of benzene rings is 3. The Labute approximate surface area is 190 Å². The van der Waals surface area contributed by atoms with Crippen LogP contribution >= 0.6 is 15.9 Å². The number of para-hydroxylation sites is 2. The average Bonchev–Trinajstić information content (AvgIpc) is 2.78. The molecule has 0 aliphatic heterocycles. The highest BCUT2D eigenvalue weighted by Crippen LogP contribution is 2.25. The fourth-order valence-electron chi connectivity index (χ4n) is 2.52. The van der Waals surface area contributed by atoms with Crippen molar-refractivity contribution in [1.29, 1.82) is 0 Å². The van der Waals surface area contributed by atoms with Crippen molar-refractivity contribution in [2.75, 3.05) is 6.61 Å². The van der Waals surface area contributed by atoms with Gasteiger partial charge in [-0.2, -0.15) is 5.10 Å². The van der Waals surface area contributed by atoms with Gasteiger partial charge in [-0.05, 0) is 42.0 Å². The second-order valence-electron chi connectivity index (χ2n) is 6.28. The summed E-state index contributed by atoms with van der Waals surface area (Å²) in [4.78, 5) is 34.5. The Kier molecular flexibility index (Phi) is 7.65. The largest absolute Gasteiger partial charge is 0.477 e. The van der Waals surface area contributed by atoms with Crippen molar-refractivity contribution in [2.45, 2.75) is 0 Å². The number of nitrogens with zero attached hydrogens (tertiary/aromatic N) is 2. The molecule has 0 aliphatic carbocycles. The van der Waals surface area contributed by atoms with E-state index in [2.05, 4.69) is 26.5 Å². The van der Waals surface area contributed by atoms with Crippen LogP contribution < -0.4 is 14.9 Å². The zero-order valence-electron chi connectivity index (χ0n) is 16.4. The number of hydrogen-bond donors (Lipinski definition) is 1. The Balaban J connectivity index is 1.54. The van der Waals surface area contributed by atoms with Gasteiger partial charge < -0.3 is 9.47 Å². The molecule has 0 spiro atoms. The lowest BCUT2D eigenvalue weighted by Gasteiger charge is -2.06. The molecule has 0 heterocycles. The minimum atomic E-state index is -0.600. The molecule has 0 aromatic heterocycles. The van der Waals surface area contributed by atoms with E-state index in [-0.39, 0.29) is 11.4 Å². The van der Waals surface area contributed by atoms with E-state index in [1.54, 1.807) is 54.6 Å². The molecule has 3 rings (SSSR count). The highest BCUT2D eigenvalue weighted by atomic mass is 79.9. The second kappa shape index (κ2) is 10.8. The number of esters is 1. The van der Waals surface area contributed by atoms with Gasteiger partial charge in [-0.1, -0.05) is 46.3 Å². The van der Waals surface area contributed by atoms with Crippen LogP contribution in [0.4, 0.5) is 5.69 Å². The Hall–Kier alpha value is -4.05. The number of nitro benzene ring substituents is 1. The van der Waals surface area contributed by atoms with E-state index in [9.17, 15) is 19.7 Å². The van der Waals surface area contributed by atoms with Crippen molar-refractivity contribution < 1.29 is 24.0 Å². The van der Waals surface area contributed by atoms with E-state index in [0.717, 1.165) is 4.47 Å². The lowest BCUT2D eigenvalue weighted by Crippen LogP contribution is -2.24. The van der Waals surface area contributed by atoms with E-state index >= 15 is 0 Å². The SMILES string of the molecule is O=C(COc1ccccc1[N+](=O)[O-])NN=Cc1cccc(OC(=O)c2cccc(Br)c2)c1. The number of carbonyl (C=O) groups excluding carboxylic acids is 2. The highest BCUT2D eigenvalue weighted by molar-refractivity contribution is 9.10. The molecule has 10 heteroatoms. The molecule has 9 nitrogen and oxygen atoms in total. The standard InChI is InChI=1S/C22H16BrN3O6/c23-17-7-4-6-16(12-17)22(28)32-18-8-3-5-15(11-18)13-24-25-21(27)14-31-20-10-2-1-9-19(20)26(29)30/h1-13H,14H2,(H,25,27). The number of amides is 1. The number of rotatable bonds is 8. The molecule has 0 saturated heterocycles. The first-order valence-corrected chi connectivity index (χ1v) is 9.97. The first-order chi connectivity index (χ1) is 15.4. The van der Waals surface area contributed by atoms with Crippen LogP contribution in [0.5, 0.6) is 11.5 Å². The lowest BCUT2D eigenvalue weighted by molar-refractivity contribution is -0.385. The molecule has 3 aromatic rings. The van der Waals surface area contributed by atoms with Crippen LogP contribution in [0, 0.1) is 10.1 Å². The maximum atomic E-state index is 12.2. The number of carbonyl (C=O) groups is 2. The summed E-state index contributed by atoms with van der Waals surface area (Å²) in [6.45, 7) is -0.452. The van der Waals surface area contributed by atoms with E-state index in [1.807, 2.05) is 0 Å². The fourth-order valence-corrected chi connectivity index (χ4v) is 2.92. The predicted octanol–water partition coefficient (Wildman–Crippen LogP) is 4.11. The number of nitro groups is 1. The van der Waals surface area contributed by atoms with Crippen molar-refractivity contribution >= 4 is 39.7 Å². The minimum Gasteiger partial charge on any atom is -0.477 e. The van der Waals surface area contributed by atoms with Crippen molar-refractivity contribution in [3.05, 3.63) is 98.5 Å². The highest BCUT2D eigenvalue weighted by Gasteiger charge is 2.14. The van der Waals surface area contributed by atoms with E-state index < -0.39 is 23.4 Å². The number of hydrazone groups is 1. The average molecular weight is 498 g/mol. The van der Waals surface area contributed by atoms with Crippen LogP contribution in [0.15, 0.2) is 82.4 Å². The normalized spacial score (nSPS) is 10.5. The summed E-state index contributed by atoms with van der Waals surface area (Å²) in [5.74, 6) is -0.820. The molecule has 0 fully saturated rings. The molecule has 0 bridgehead atoms. The zero-order chi connectivity index (χ0) is 22.9. The monoisotopic (exact) mass is 497 g/mol. The van der Waals surface area contributed by atoms with Crippen LogP contribution in [-0.2, 0) is 4.79 Å². The molecular formula is C22H16BrN3O6. The minimum absolute atomic E-state index is 0.0170. The Morgan fingerprint density at radius 1 is 1.06 bits per heavy atom. The number of halogens is 1. The zero-order valence-corrected chi connectivity index (χ0v) is 18.0. The third-order valence-electron chi connectivity index (χ3n) is 3.95. The van der Waals surface area contributed by atoms with Crippen LogP contribution in [0.2, 0.25) is 0 Å². The molecule has 1 N–H and O–H groups in total. The first kappa shape index (κ1) is 22.6. The van der Waals surface area contributed by atoms with E-state index in [4.69, 9.17) is 9.47 Å². The molecule has 0 atom stereocenters. The van der Waals surface area contributed by atoms with Gasteiger partial charge in [0.05, 0.1) is 16.7 Å². The van der Waals surface area contributed by atoms with Gasteiger partial charge in [0, 0.05) is 10.5 Å². The van der Waals surface area contributed by atoms with Gasteiger partial charge in [-0.25, -0.2) is 10.2 Å². The topological polar surface area (TPSA) is 120 Å². The summed E-state index contributed by atoms with van der Waals surface area (Å²) >= 11 is 3.30. The van der Waals surface area contributed by atoms with Gasteiger partial charge in [-0.15, -0.1) is 0 Å². The summed E-state index contributed by atoms with van der Waals surface area (Å²) in [7, 11) is 0. The van der Waals surface area contributed by atoms with E-state index in [1.165, 1.54) is 24.4 Å². The summed E-state index contributed by atoms with van der Waals surface area (Å²) < 4.78 is 11.3. The van der Waals surface area contributed by atoms with Crippen molar-refractivity contribution in [3.63, 3.8) is 0 Å². The first-order valence-electron chi connectivity index (χ1n) is 9.18. The molecule has 1 amide bonds. The van der Waals surface area contributed by atoms with Gasteiger partial charge in [0.2, 0.25) is 0 Å². The molecule has 162 valence electrons. The molecule has 3 aromatic carbocycles. The van der Waals surface area contributed by atoms with Crippen molar-refractivity contribution in [2.24, 2.45) is 5.10 Å². The van der Waals surface area contributed by atoms with Crippen LogP contribution in [0.1, 0.15) is 15.9 Å². The van der Waals surface area contributed by atoms with Gasteiger partial charge in [0.1, 0.15) is 5.75 Å². The van der Waals surface area contributed by atoms with Crippen molar-refractivity contribution in [3.8, 4) is 11.5 Å². The summed E-state index contributed by atoms with van der Waals surface area (Å²) in [6, 6.07) is 19.1. The van der Waals surface area contributed by atoms with E-state index in [0.29, 0.717) is 16.9 Å². The third-order valence-corrected chi connectivity index (χ3v) is 4.45. The number of hydrogen-bond acceptors (Lipinski definition) is 7. The smallest absolute Gasteiger partial charge is 0.343 e. The second-order valence-corrected chi connectivity index (χ2v) is 7.19. The predicted molar refractivity (Wildman–Crippen MR) is 120 cm³/mol. The third kappa shape index (κ3) is 6.47. The van der Waals surface area contributed by atoms with Crippen LogP contribution in [-0.4, -0.2) is 29.6 Å². The van der Waals surface area contributed by atoms with Gasteiger partial charge in [0.25, 0.3) is 5.91 Å². The summed E-state index contributed by atoms with van der Waals surface area (Å²) in [5, 5.41) is 14.8. The quantitative estimate of drug-likeness (QED) is 0.164. The van der Waals surface area contributed by atoms with Gasteiger partial charge in [0.15, 0.2) is 12.4 Å². The molecule has 0 radical (unpaired) electrons. The summed E-state index contributed by atoms with van der Waals surface area (Å²) in [5.41, 5.74) is 2.99. The molecule has 32 heavy (non-hydrogen) atoms. The Morgan fingerprint density at radius 2 is 1.84 bits per heavy atom. The maximum Gasteiger partial charge on any atom is 0.343 e. The Bertz CT molecular complexity index is 1180. The molecule has 0 saturated carbocycles. The lowest BCUT2D eigenvalue weighted by atomic mass is 10.2. The summed E-state index contributed by atoms with van der Waals surface area (Å²) in [6.07, 6.45) is 1.36. The maximum absolute atomic E-state index is 12.2. The van der Waals surface area contributed by atoms with Gasteiger partial charge in [-0.3, -0.25) is 14.9 Å². The Morgan fingerprint density at radius 3 is 2.62 bits per heavy atom.